The number of ether oxygens (including phenoxy) is 1. The summed E-state index contributed by atoms with van der Waals surface area (Å²) in [5.74, 6) is -1.18. The SMILES string of the molecule is COC(=O)[C@H](C#N)Cc1ccccc1. The van der Waals surface area contributed by atoms with E-state index >= 15 is 0 Å². The van der Waals surface area contributed by atoms with E-state index in [0.29, 0.717) is 6.42 Å². The number of rotatable bonds is 3. The molecule has 0 N–H and O–H groups in total. The zero-order chi connectivity index (χ0) is 10.4. The summed E-state index contributed by atoms with van der Waals surface area (Å²) in [6.45, 7) is 0. The average Bonchev–Trinajstić information content (AvgIpc) is 2.26. The third kappa shape index (κ3) is 2.60. The Kier molecular flexibility index (Phi) is 3.69. The van der Waals surface area contributed by atoms with Crippen molar-refractivity contribution in [3.63, 3.8) is 0 Å². The molecule has 1 rings (SSSR count). The molecule has 0 aliphatic carbocycles. The minimum absolute atomic E-state index is 0.407. The van der Waals surface area contributed by atoms with Gasteiger partial charge in [-0.05, 0) is 12.0 Å². The van der Waals surface area contributed by atoms with Crippen LogP contribution in [0.15, 0.2) is 30.3 Å². The van der Waals surface area contributed by atoms with Crippen LogP contribution in [0.5, 0.6) is 0 Å². The lowest BCUT2D eigenvalue weighted by atomic mass is 10.0. The summed E-state index contributed by atoms with van der Waals surface area (Å²) in [7, 11) is 1.29. The Bertz CT molecular complexity index is 340. The quantitative estimate of drug-likeness (QED) is 0.678. The van der Waals surface area contributed by atoms with Crippen molar-refractivity contribution in [1.29, 1.82) is 5.26 Å². The van der Waals surface area contributed by atoms with E-state index in [2.05, 4.69) is 4.74 Å². The molecule has 0 aromatic heterocycles. The van der Waals surface area contributed by atoms with Gasteiger partial charge in [-0.1, -0.05) is 30.3 Å². The van der Waals surface area contributed by atoms with Gasteiger partial charge in [-0.3, -0.25) is 4.79 Å². The van der Waals surface area contributed by atoms with Crippen molar-refractivity contribution in [2.75, 3.05) is 7.11 Å². The molecule has 0 saturated heterocycles. The van der Waals surface area contributed by atoms with Crippen LogP contribution < -0.4 is 0 Å². The number of methoxy groups -OCH3 is 1. The highest BCUT2D eigenvalue weighted by Gasteiger charge is 2.18. The van der Waals surface area contributed by atoms with Crippen LogP contribution in [0.2, 0.25) is 0 Å². The Morgan fingerprint density at radius 2 is 2.14 bits per heavy atom. The van der Waals surface area contributed by atoms with E-state index in [-0.39, 0.29) is 0 Å². The normalized spacial score (nSPS) is 11.4. The van der Waals surface area contributed by atoms with Gasteiger partial charge in [-0.2, -0.15) is 5.26 Å². The molecule has 1 atom stereocenters. The Morgan fingerprint density at radius 1 is 1.50 bits per heavy atom. The summed E-state index contributed by atoms with van der Waals surface area (Å²) in [6, 6.07) is 11.3. The molecule has 1 aromatic rings. The summed E-state index contributed by atoms with van der Waals surface area (Å²) >= 11 is 0. The lowest BCUT2D eigenvalue weighted by Crippen LogP contribution is -2.16. The molecule has 0 unspecified atom stereocenters. The number of esters is 1. The molecule has 0 bridgehead atoms. The van der Waals surface area contributed by atoms with Gasteiger partial charge in [0, 0.05) is 0 Å². The molecule has 1 aromatic carbocycles. The summed E-state index contributed by atoms with van der Waals surface area (Å²) in [4.78, 5) is 11.1. The number of hydrogen-bond acceptors (Lipinski definition) is 3. The van der Waals surface area contributed by atoms with Crippen LogP contribution in [0.4, 0.5) is 0 Å². The van der Waals surface area contributed by atoms with Crippen LogP contribution in [0.1, 0.15) is 5.56 Å². The van der Waals surface area contributed by atoms with Crippen LogP contribution in [-0.4, -0.2) is 13.1 Å². The topological polar surface area (TPSA) is 50.1 Å². The van der Waals surface area contributed by atoms with E-state index < -0.39 is 11.9 Å². The van der Waals surface area contributed by atoms with E-state index in [4.69, 9.17) is 5.26 Å². The zero-order valence-corrected chi connectivity index (χ0v) is 7.93. The van der Waals surface area contributed by atoms with Gasteiger partial charge in [-0.25, -0.2) is 0 Å². The van der Waals surface area contributed by atoms with Crippen LogP contribution >= 0.6 is 0 Å². The van der Waals surface area contributed by atoms with E-state index in [1.54, 1.807) is 0 Å². The Morgan fingerprint density at radius 3 is 2.64 bits per heavy atom. The first-order valence-electron chi connectivity index (χ1n) is 4.29. The van der Waals surface area contributed by atoms with Crippen molar-refractivity contribution in [2.45, 2.75) is 6.42 Å². The van der Waals surface area contributed by atoms with Crippen LogP contribution in [0, 0.1) is 17.2 Å². The van der Waals surface area contributed by atoms with Gasteiger partial charge in [0.25, 0.3) is 0 Å². The number of benzene rings is 1. The molecule has 3 nitrogen and oxygen atoms in total. The van der Waals surface area contributed by atoms with Crippen molar-refractivity contribution in [3.8, 4) is 6.07 Å². The molecular formula is C11H11NO2. The number of nitrogens with zero attached hydrogens (tertiary/aromatic N) is 1. The van der Waals surface area contributed by atoms with E-state index in [1.165, 1.54) is 7.11 Å². The van der Waals surface area contributed by atoms with Crippen LogP contribution in [0.3, 0.4) is 0 Å². The molecule has 3 heteroatoms. The molecule has 0 fully saturated rings. The largest absolute Gasteiger partial charge is 0.468 e. The van der Waals surface area contributed by atoms with Crippen LogP contribution in [-0.2, 0) is 16.0 Å². The van der Waals surface area contributed by atoms with Gasteiger partial charge < -0.3 is 4.74 Å². The summed E-state index contributed by atoms with van der Waals surface area (Å²) in [5, 5.41) is 8.74. The maximum absolute atomic E-state index is 11.1. The van der Waals surface area contributed by atoms with Crippen LogP contribution in [0.25, 0.3) is 0 Å². The molecular weight excluding hydrogens is 178 g/mol. The van der Waals surface area contributed by atoms with E-state index in [0.717, 1.165) is 5.56 Å². The summed E-state index contributed by atoms with van der Waals surface area (Å²) in [6.07, 6.45) is 0.407. The minimum Gasteiger partial charge on any atom is -0.468 e. The third-order valence-corrected chi connectivity index (χ3v) is 1.92. The zero-order valence-electron chi connectivity index (χ0n) is 7.93. The highest BCUT2D eigenvalue weighted by molar-refractivity contribution is 5.75. The van der Waals surface area contributed by atoms with Crippen molar-refractivity contribution in [3.05, 3.63) is 35.9 Å². The first-order valence-corrected chi connectivity index (χ1v) is 4.29. The van der Waals surface area contributed by atoms with Gasteiger partial charge in [0.05, 0.1) is 13.2 Å². The Labute approximate surface area is 82.9 Å². The van der Waals surface area contributed by atoms with E-state index in [1.807, 2.05) is 36.4 Å². The number of carbonyl (C=O) groups is 1. The van der Waals surface area contributed by atoms with Gasteiger partial charge >= 0.3 is 5.97 Å². The van der Waals surface area contributed by atoms with Gasteiger partial charge in [0.1, 0.15) is 5.92 Å². The smallest absolute Gasteiger partial charge is 0.323 e. The predicted molar refractivity (Wildman–Crippen MR) is 51.3 cm³/mol. The highest BCUT2D eigenvalue weighted by Crippen LogP contribution is 2.09. The second kappa shape index (κ2) is 5.03. The standard InChI is InChI=1S/C11H11NO2/c1-14-11(13)10(8-12)7-9-5-3-2-4-6-9/h2-6,10H,7H2,1H3/t10-/m0/s1. The van der Waals surface area contributed by atoms with Crippen molar-refractivity contribution < 1.29 is 9.53 Å². The number of carbonyl (C=O) groups excluding carboxylic acids is 1. The molecule has 72 valence electrons. The number of nitriles is 1. The fourth-order valence-electron chi connectivity index (χ4n) is 1.17. The molecule has 0 amide bonds. The fourth-order valence-corrected chi connectivity index (χ4v) is 1.17. The Balaban J connectivity index is 2.68. The molecule has 0 heterocycles. The van der Waals surface area contributed by atoms with Crippen molar-refractivity contribution in [1.82, 2.24) is 0 Å². The summed E-state index contributed by atoms with van der Waals surface area (Å²) in [5.41, 5.74) is 0.962. The fraction of sp³-hybridized carbons (Fsp3) is 0.273. The highest BCUT2D eigenvalue weighted by atomic mass is 16.5. The maximum Gasteiger partial charge on any atom is 0.323 e. The van der Waals surface area contributed by atoms with Gasteiger partial charge in [0.15, 0.2) is 0 Å². The number of hydrogen-bond donors (Lipinski definition) is 0. The molecule has 0 aliphatic rings. The van der Waals surface area contributed by atoms with E-state index in [9.17, 15) is 4.79 Å². The second-order valence-electron chi connectivity index (χ2n) is 2.89. The van der Waals surface area contributed by atoms with Crippen molar-refractivity contribution >= 4 is 5.97 Å². The molecule has 0 aliphatic heterocycles. The van der Waals surface area contributed by atoms with Gasteiger partial charge in [-0.15, -0.1) is 0 Å². The lowest BCUT2D eigenvalue weighted by molar-refractivity contribution is -0.143. The van der Waals surface area contributed by atoms with Gasteiger partial charge in [0.2, 0.25) is 0 Å². The van der Waals surface area contributed by atoms with Crippen molar-refractivity contribution in [2.24, 2.45) is 5.92 Å². The molecule has 14 heavy (non-hydrogen) atoms. The lowest BCUT2D eigenvalue weighted by Gasteiger charge is -2.05. The monoisotopic (exact) mass is 189 g/mol. The predicted octanol–water partition coefficient (Wildman–Crippen LogP) is 1.54. The second-order valence-corrected chi connectivity index (χ2v) is 2.89. The molecule has 0 saturated carbocycles. The maximum atomic E-state index is 11.1. The minimum atomic E-state index is -0.706. The molecule has 0 spiro atoms. The first kappa shape index (κ1) is 10.3. The third-order valence-electron chi connectivity index (χ3n) is 1.92. The first-order chi connectivity index (χ1) is 6.77. The summed E-state index contributed by atoms with van der Waals surface area (Å²) < 4.78 is 4.51. The Hall–Kier alpha value is -1.82. The average molecular weight is 189 g/mol. The molecule has 0 radical (unpaired) electrons.